The van der Waals surface area contributed by atoms with E-state index < -0.39 is 114 Å². The molecule has 1 rings (SSSR count). The highest BCUT2D eigenvalue weighted by Gasteiger charge is 2.33. The first-order chi connectivity index (χ1) is 30.8. The number of benzene rings is 1. The average molecular weight is 920 g/mol. The topological polar surface area (TPSA) is 400 Å². The monoisotopic (exact) mass is 920 g/mol. The van der Waals surface area contributed by atoms with Crippen molar-refractivity contribution < 1.29 is 48.3 Å². The summed E-state index contributed by atoms with van der Waals surface area (Å²) in [6.07, 6.45) is 3.41. The first kappa shape index (κ1) is 57.3. The van der Waals surface area contributed by atoms with E-state index in [9.17, 15) is 48.3 Å². The molecule has 65 heavy (non-hydrogen) atoms. The van der Waals surface area contributed by atoms with E-state index in [2.05, 4.69) is 42.5 Å². The molecule has 0 spiro atoms. The first-order valence-electron chi connectivity index (χ1n) is 22.0. The number of primary amides is 1. The molecule has 0 aliphatic heterocycles. The maximum absolute atomic E-state index is 14.0. The summed E-state index contributed by atoms with van der Waals surface area (Å²) in [4.78, 5) is 118. The molecule has 0 saturated heterocycles. The van der Waals surface area contributed by atoms with Crippen molar-refractivity contribution >= 4 is 53.2 Å². The van der Waals surface area contributed by atoms with E-state index in [1.807, 2.05) is 0 Å². The molecule has 0 bridgehead atoms. The van der Waals surface area contributed by atoms with Gasteiger partial charge in [-0.3, -0.25) is 43.2 Å². The van der Waals surface area contributed by atoms with Crippen molar-refractivity contribution in [3.05, 3.63) is 35.9 Å². The minimum atomic E-state index is -1.59. The van der Waals surface area contributed by atoms with Crippen molar-refractivity contribution in [2.75, 3.05) is 26.2 Å². The van der Waals surface area contributed by atoms with Crippen LogP contribution in [0, 0.1) is 0 Å². The number of nitrogens with two attached hydrogens (primary N) is 5. The Morgan fingerprint density at radius 2 is 0.800 bits per heavy atom. The van der Waals surface area contributed by atoms with Crippen molar-refractivity contribution in [1.82, 2.24) is 42.5 Å². The van der Waals surface area contributed by atoms with Crippen LogP contribution in [0.25, 0.3) is 0 Å². The van der Waals surface area contributed by atoms with Gasteiger partial charge in [0.1, 0.15) is 48.3 Å². The number of amides is 9. The molecule has 0 aliphatic carbocycles. The molecule has 23 heteroatoms. The number of aliphatic hydroxyl groups excluding tert-OH is 1. The molecular weight excluding hydrogens is 847 g/mol. The normalized spacial score (nSPS) is 15.2. The maximum atomic E-state index is 14.0. The summed E-state index contributed by atoms with van der Waals surface area (Å²) in [6, 6.07) is -2.13. The molecule has 0 fully saturated rings. The smallest absolute Gasteiger partial charge is 0.245 e. The van der Waals surface area contributed by atoms with Gasteiger partial charge in [-0.1, -0.05) is 30.3 Å². The van der Waals surface area contributed by atoms with E-state index in [4.69, 9.17) is 28.7 Å². The number of carbonyl (C=O) groups is 9. The lowest BCUT2D eigenvalue weighted by atomic mass is 10.0. The highest BCUT2D eigenvalue weighted by Crippen LogP contribution is 2.09. The second-order valence-electron chi connectivity index (χ2n) is 15.9. The van der Waals surface area contributed by atoms with Crippen LogP contribution in [0.2, 0.25) is 0 Å². The number of unbranched alkanes of at least 4 members (excludes halogenated alkanes) is 3. The van der Waals surface area contributed by atoms with Crippen molar-refractivity contribution in [3.63, 3.8) is 0 Å². The van der Waals surface area contributed by atoms with E-state index >= 15 is 0 Å². The Hall–Kier alpha value is -5.75. The van der Waals surface area contributed by atoms with E-state index in [1.54, 1.807) is 30.3 Å². The molecule has 0 radical (unpaired) electrons. The zero-order valence-electron chi connectivity index (χ0n) is 38.0. The Balaban J connectivity index is 3.23. The van der Waals surface area contributed by atoms with Crippen LogP contribution in [0.4, 0.5) is 0 Å². The minimum absolute atomic E-state index is 0.0738. The summed E-state index contributed by atoms with van der Waals surface area (Å²) < 4.78 is 0. The molecule has 1 aromatic rings. The molecule has 9 amide bonds. The third-order valence-corrected chi connectivity index (χ3v) is 10.2. The zero-order valence-corrected chi connectivity index (χ0v) is 38.0. The summed E-state index contributed by atoms with van der Waals surface area (Å²) in [6.45, 7) is 5.62. The third kappa shape index (κ3) is 22.1. The number of hydrogen-bond acceptors (Lipinski definition) is 14. The largest absolute Gasteiger partial charge is 0.394 e. The lowest BCUT2D eigenvalue weighted by Gasteiger charge is -2.27. The summed E-state index contributed by atoms with van der Waals surface area (Å²) in [5.74, 6) is -6.86. The van der Waals surface area contributed by atoms with Gasteiger partial charge in [-0.05, 0) is 111 Å². The quantitative estimate of drug-likeness (QED) is 0.0303. The fraction of sp³-hybridized carbons (Fsp3) is 0.643. The van der Waals surface area contributed by atoms with Crippen LogP contribution in [0.15, 0.2) is 30.3 Å². The van der Waals surface area contributed by atoms with Crippen LogP contribution in [0.3, 0.4) is 0 Å². The van der Waals surface area contributed by atoms with Crippen LogP contribution in [-0.4, -0.2) is 139 Å². The number of aliphatic hydroxyl groups is 1. The second kappa shape index (κ2) is 31.2. The van der Waals surface area contributed by atoms with Crippen molar-refractivity contribution in [2.24, 2.45) is 28.7 Å². The minimum Gasteiger partial charge on any atom is -0.394 e. The highest BCUT2D eigenvalue weighted by atomic mass is 16.3. The Labute approximate surface area is 380 Å². The van der Waals surface area contributed by atoms with Crippen LogP contribution in [0.5, 0.6) is 0 Å². The average Bonchev–Trinajstić information content (AvgIpc) is 3.26. The Kier molecular flexibility index (Phi) is 27.5. The molecule has 0 unspecified atom stereocenters. The number of nitrogens with one attached hydrogen (secondary N) is 8. The summed E-state index contributed by atoms with van der Waals surface area (Å²) >= 11 is 0. The van der Waals surface area contributed by atoms with Gasteiger partial charge < -0.3 is 76.3 Å². The molecular formula is C42H73N13O10. The molecule has 0 aromatic heterocycles. The lowest BCUT2D eigenvalue weighted by Crippen LogP contribution is -2.60. The Bertz CT molecular complexity index is 1700. The SMILES string of the molecule is C[C@H](N)C(=O)N[C@@H](C)C(=O)N[C@@H](C)C(=O)N[C@@H](CO)C(=O)N[C@@H](Cc1ccccc1)C(=O)N[C@@H](CCCCN)C(=O)N[C@@H](C)C(=O)N[C@@H](CCCCN)C(=O)N[C@@H](CCCCN)C(N)=O. The predicted octanol–water partition coefficient (Wildman–Crippen LogP) is -4.62. The second-order valence-corrected chi connectivity index (χ2v) is 15.9. The summed E-state index contributed by atoms with van der Waals surface area (Å²) in [7, 11) is 0. The van der Waals surface area contributed by atoms with Gasteiger partial charge in [-0.25, -0.2) is 0 Å². The van der Waals surface area contributed by atoms with Crippen LogP contribution >= 0.6 is 0 Å². The van der Waals surface area contributed by atoms with E-state index in [0.717, 1.165) is 0 Å². The molecule has 366 valence electrons. The molecule has 1 aromatic carbocycles. The molecule has 0 heterocycles. The van der Waals surface area contributed by atoms with E-state index in [1.165, 1.54) is 27.7 Å². The van der Waals surface area contributed by atoms with E-state index in [0.29, 0.717) is 57.2 Å². The van der Waals surface area contributed by atoms with Gasteiger partial charge in [0.2, 0.25) is 53.2 Å². The highest BCUT2D eigenvalue weighted by molar-refractivity contribution is 5.98. The maximum Gasteiger partial charge on any atom is 0.245 e. The van der Waals surface area contributed by atoms with Gasteiger partial charge in [-0.2, -0.15) is 0 Å². The van der Waals surface area contributed by atoms with Crippen molar-refractivity contribution in [1.29, 1.82) is 0 Å². The van der Waals surface area contributed by atoms with Gasteiger partial charge in [0.25, 0.3) is 0 Å². The van der Waals surface area contributed by atoms with Crippen LogP contribution < -0.4 is 71.2 Å². The zero-order chi connectivity index (χ0) is 49.1. The summed E-state index contributed by atoms with van der Waals surface area (Å²) in [5.41, 5.74) is 28.6. The van der Waals surface area contributed by atoms with Gasteiger partial charge in [0, 0.05) is 6.42 Å². The summed E-state index contributed by atoms with van der Waals surface area (Å²) in [5, 5.41) is 30.3. The fourth-order valence-electron chi connectivity index (χ4n) is 6.16. The molecule has 9 atom stereocenters. The van der Waals surface area contributed by atoms with Crippen LogP contribution in [-0.2, 0) is 49.6 Å². The van der Waals surface area contributed by atoms with Crippen molar-refractivity contribution in [2.45, 2.75) is 146 Å². The van der Waals surface area contributed by atoms with E-state index in [-0.39, 0.29) is 32.2 Å². The number of hydrogen-bond donors (Lipinski definition) is 14. The third-order valence-electron chi connectivity index (χ3n) is 10.2. The molecule has 23 nitrogen and oxygen atoms in total. The van der Waals surface area contributed by atoms with Gasteiger partial charge in [-0.15, -0.1) is 0 Å². The molecule has 0 aliphatic rings. The standard InChI is InChI=1S/C42H73N13O10/c1-24(46)35(58)48-25(2)36(59)49-26(3)38(61)55-33(23-56)42(65)54-32(22-28-14-6-5-7-15-28)41(64)53-30(17-9-12-20-44)39(62)50-27(4)37(60)52-31(18-10-13-21-45)40(63)51-29(34(47)57)16-8-11-19-43/h5-7,14-15,24-27,29-33,56H,8-13,16-23,43-46H2,1-4H3,(H2,47,57)(H,48,58)(H,49,59)(H,50,62)(H,51,63)(H,52,60)(H,53,64)(H,54,65)(H,55,61)/t24-,25-,26-,27-,29-,30-,31-,32-,33-/m0/s1. The Morgan fingerprint density at radius 3 is 1.25 bits per heavy atom. The number of rotatable bonds is 32. The van der Waals surface area contributed by atoms with Crippen LogP contribution in [0.1, 0.15) is 91.0 Å². The Morgan fingerprint density at radius 1 is 0.462 bits per heavy atom. The lowest BCUT2D eigenvalue weighted by molar-refractivity contribution is -0.136. The number of carbonyl (C=O) groups excluding carboxylic acids is 9. The van der Waals surface area contributed by atoms with Gasteiger partial charge in [0.05, 0.1) is 12.6 Å². The molecule has 0 saturated carbocycles. The first-order valence-corrected chi connectivity index (χ1v) is 22.0. The fourth-order valence-corrected chi connectivity index (χ4v) is 6.16. The van der Waals surface area contributed by atoms with Gasteiger partial charge >= 0.3 is 0 Å². The molecule has 19 N–H and O–H groups in total. The van der Waals surface area contributed by atoms with Gasteiger partial charge in [0.15, 0.2) is 0 Å². The predicted molar refractivity (Wildman–Crippen MR) is 241 cm³/mol. The van der Waals surface area contributed by atoms with Crippen molar-refractivity contribution in [3.8, 4) is 0 Å².